The van der Waals surface area contributed by atoms with Crippen molar-refractivity contribution < 1.29 is 19.0 Å². The number of rotatable bonds is 6. The number of amides is 1. The summed E-state index contributed by atoms with van der Waals surface area (Å²) in [5, 5.41) is 3.26. The minimum atomic E-state index is -0.534. The fraction of sp³-hybridized carbons (Fsp3) is 0.208. The Bertz CT molecular complexity index is 1610. The van der Waals surface area contributed by atoms with Gasteiger partial charge in [-0.2, -0.15) is 0 Å². The Balaban J connectivity index is 1.49. The van der Waals surface area contributed by atoms with E-state index in [-0.39, 0.29) is 29.5 Å². The quantitative estimate of drug-likeness (QED) is 0.309. The molecule has 12 heteroatoms. The van der Waals surface area contributed by atoms with Gasteiger partial charge in [-0.05, 0) is 36.4 Å². The molecule has 1 N–H and O–H groups in total. The molecule has 0 atom stereocenters. The van der Waals surface area contributed by atoms with Crippen LogP contribution in [-0.4, -0.2) is 44.7 Å². The van der Waals surface area contributed by atoms with Gasteiger partial charge in [-0.25, -0.2) is 14.8 Å². The van der Waals surface area contributed by atoms with E-state index in [0.29, 0.717) is 39.3 Å². The number of hydrogen-bond donors (Lipinski definition) is 1. The first-order valence-electron chi connectivity index (χ1n) is 10.8. The Morgan fingerprint density at radius 2 is 1.81 bits per heavy atom. The van der Waals surface area contributed by atoms with E-state index in [1.807, 2.05) is 0 Å². The van der Waals surface area contributed by atoms with E-state index in [9.17, 15) is 14.4 Å². The molecule has 184 valence electrons. The Kier molecular flexibility index (Phi) is 6.10. The molecule has 2 aromatic heterocycles. The molecular formula is C24H21N5O6S. The summed E-state index contributed by atoms with van der Waals surface area (Å²) in [6, 6.07) is 12.2. The molecule has 3 heterocycles. The number of ether oxygens (including phenoxy) is 3. The second kappa shape index (κ2) is 9.38. The average Bonchev–Trinajstić information content (AvgIpc) is 3.37. The van der Waals surface area contributed by atoms with Gasteiger partial charge in [0, 0.05) is 31.4 Å². The van der Waals surface area contributed by atoms with Gasteiger partial charge in [-0.3, -0.25) is 18.7 Å². The van der Waals surface area contributed by atoms with Crippen LogP contribution >= 0.6 is 11.8 Å². The van der Waals surface area contributed by atoms with Crippen molar-refractivity contribution in [3.05, 3.63) is 63.3 Å². The summed E-state index contributed by atoms with van der Waals surface area (Å²) < 4.78 is 18.1. The summed E-state index contributed by atoms with van der Waals surface area (Å²) >= 11 is 1.08. The maximum Gasteiger partial charge on any atom is 0.332 e. The lowest BCUT2D eigenvalue weighted by Gasteiger charge is -2.12. The summed E-state index contributed by atoms with van der Waals surface area (Å²) in [6.45, 7) is 0.136. The van der Waals surface area contributed by atoms with Crippen LogP contribution < -0.4 is 30.8 Å². The maximum absolute atomic E-state index is 13.0. The third kappa shape index (κ3) is 4.26. The van der Waals surface area contributed by atoms with E-state index in [1.165, 1.54) is 18.7 Å². The van der Waals surface area contributed by atoms with Crippen molar-refractivity contribution in [2.45, 2.75) is 5.03 Å². The fourth-order valence-corrected chi connectivity index (χ4v) is 4.52. The zero-order chi connectivity index (χ0) is 25.4. The molecule has 36 heavy (non-hydrogen) atoms. The number of benzene rings is 2. The molecule has 0 saturated carbocycles. The molecule has 1 amide bonds. The number of hydrogen-bond acceptors (Lipinski definition) is 9. The van der Waals surface area contributed by atoms with E-state index < -0.39 is 11.2 Å². The van der Waals surface area contributed by atoms with Crippen LogP contribution in [0.3, 0.4) is 0 Å². The second-order valence-electron chi connectivity index (χ2n) is 7.89. The average molecular weight is 508 g/mol. The lowest BCUT2D eigenvalue weighted by molar-refractivity contribution is -0.113. The van der Waals surface area contributed by atoms with Gasteiger partial charge in [0.2, 0.25) is 12.7 Å². The largest absolute Gasteiger partial charge is 0.497 e. The summed E-state index contributed by atoms with van der Waals surface area (Å²) in [4.78, 5) is 47.4. The highest BCUT2D eigenvalue weighted by atomic mass is 32.2. The summed E-state index contributed by atoms with van der Waals surface area (Å²) in [7, 11) is 4.49. The second-order valence-corrected chi connectivity index (χ2v) is 8.85. The minimum absolute atomic E-state index is 0.0331. The molecule has 1 aliphatic rings. The van der Waals surface area contributed by atoms with Crippen LogP contribution in [0, 0.1) is 0 Å². The molecule has 4 aromatic rings. The van der Waals surface area contributed by atoms with Gasteiger partial charge in [0.15, 0.2) is 23.0 Å². The molecule has 5 rings (SSSR count). The predicted octanol–water partition coefficient (Wildman–Crippen LogP) is 2.16. The van der Waals surface area contributed by atoms with Crippen LogP contribution in [0.1, 0.15) is 0 Å². The third-order valence-electron chi connectivity index (χ3n) is 5.61. The Labute approximate surface area is 208 Å². The van der Waals surface area contributed by atoms with Crippen molar-refractivity contribution in [2.24, 2.45) is 14.1 Å². The number of carbonyl (C=O) groups is 1. The molecule has 1 aliphatic heterocycles. The number of aromatic nitrogens is 4. The van der Waals surface area contributed by atoms with Crippen LogP contribution in [-0.2, 0) is 18.9 Å². The number of fused-ring (bicyclic) bond motifs is 2. The predicted molar refractivity (Wildman–Crippen MR) is 134 cm³/mol. The van der Waals surface area contributed by atoms with Crippen molar-refractivity contribution >= 4 is 34.4 Å². The molecule has 2 aromatic carbocycles. The SMILES string of the molecule is COc1ccc(-c2nc(SCC(=O)Nc3ccc4c(c3)OCO4)c3c(=O)n(C)c(=O)n(C)c3n2)cc1. The van der Waals surface area contributed by atoms with Crippen molar-refractivity contribution in [2.75, 3.05) is 25.0 Å². The van der Waals surface area contributed by atoms with Crippen LogP contribution in [0.5, 0.6) is 17.2 Å². The van der Waals surface area contributed by atoms with Crippen molar-refractivity contribution in [3.8, 4) is 28.6 Å². The van der Waals surface area contributed by atoms with Gasteiger partial charge in [-0.15, -0.1) is 0 Å². The van der Waals surface area contributed by atoms with Gasteiger partial charge in [0.05, 0.1) is 12.9 Å². The zero-order valence-electron chi connectivity index (χ0n) is 19.6. The highest BCUT2D eigenvalue weighted by Gasteiger charge is 2.20. The summed E-state index contributed by atoms with van der Waals surface area (Å²) in [6.07, 6.45) is 0. The lowest BCUT2D eigenvalue weighted by atomic mass is 10.2. The molecule has 0 bridgehead atoms. The van der Waals surface area contributed by atoms with Gasteiger partial charge >= 0.3 is 5.69 Å². The van der Waals surface area contributed by atoms with Crippen molar-refractivity contribution in [3.63, 3.8) is 0 Å². The summed E-state index contributed by atoms with van der Waals surface area (Å²) in [5.74, 6) is 1.80. The van der Waals surface area contributed by atoms with Gasteiger partial charge in [0.25, 0.3) is 5.56 Å². The molecular weight excluding hydrogens is 486 g/mol. The number of thioether (sulfide) groups is 1. The van der Waals surface area contributed by atoms with Gasteiger partial charge < -0.3 is 19.5 Å². The minimum Gasteiger partial charge on any atom is -0.497 e. The first-order chi connectivity index (χ1) is 17.4. The number of nitrogens with zero attached hydrogens (tertiary/aromatic N) is 4. The van der Waals surface area contributed by atoms with Crippen LogP contribution in [0.4, 0.5) is 5.69 Å². The number of methoxy groups -OCH3 is 1. The lowest BCUT2D eigenvalue weighted by Crippen LogP contribution is -2.37. The maximum atomic E-state index is 13.0. The molecule has 0 saturated heterocycles. The smallest absolute Gasteiger partial charge is 0.332 e. The molecule has 0 spiro atoms. The van der Waals surface area contributed by atoms with Crippen molar-refractivity contribution in [1.29, 1.82) is 0 Å². The third-order valence-corrected chi connectivity index (χ3v) is 6.59. The molecule has 0 aliphatic carbocycles. The molecule has 0 radical (unpaired) electrons. The number of carbonyl (C=O) groups excluding carboxylic acids is 1. The Morgan fingerprint density at radius 1 is 1.06 bits per heavy atom. The van der Waals surface area contributed by atoms with E-state index in [1.54, 1.807) is 49.6 Å². The molecule has 0 fully saturated rings. The Hall–Kier alpha value is -4.32. The summed E-state index contributed by atoms with van der Waals surface area (Å²) in [5.41, 5.74) is 0.353. The Morgan fingerprint density at radius 3 is 2.56 bits per heavy atom. The van der Waals surface area contributed by atoms with Gasteiger partial charge in [0.1, 0.15) is 16.2 Å². The molecule has 0 unspecified atom stereocenters. The van der Waals surface area contributed by atoms with Crippen LogP contribution in [0.2, 0.25) is 0 Å². The fourth-order valence-electron chi connectivity index (χ4n) is 3.71. The number of nitrogens with one attached hydrogen (secondary N) is 1. The van der Waals surface area contributed by atoms with E-state index in [4.69, 9.17) is 14.2 Å². The first-order valence-corrected chi connectivity index (χ1v) is 11.8. The van der Waals surface area contributed by atoms with Crippen molar-refractivity contribution in [1.82, 2.24) is 19.1 Å². The first kappa shape index (κ1) is 23.4. The number of aryl methyl sites for hydroxylation is 1. The van der Waals surface area contributed by atoms with E-state index in [2.05, 4.69) is 15.3 Å². The monoisotopic (exact) mass is 507 g/mol. The number of anilines is 1. The standard InChI is InChI=1S/C24H21N5O6S/c1-28-21-19(23(31)29(2)24(28)32)22(27-20(26-21)13-4-7-15(33-3)8-5-13)36-11-18(30)25-14-6-9-16-17(10-14)35-12-34-16/h4-10H,11-12H2,1-3H3,(H,25,30). The van der Waals surface area contributed by atoms with Crippen LogP contribution in [0.15, 0.2) is 57.1 Å². The van der Waals surface area contributed by atoms with E-state index in [0.717, 1.165) is 16.3 Å². The topological polar surface area (TPSA) is 127 Å². The highest BCUT2D eigenvalue weighted by molar-refractivity contribution is 8.00. The van der Waals surface area contributed by atoms with Crippen LogP contribution in [0.25, 0.3) is 22.4 Å². The highest BCUT2D eigenvalue weighted by Crippen LogP contribution is 2.34. The van der Waals surface area contributed by atoms with E-state index >= 15 is 0 Å². The van der Waals surface area contributed by atoms with Gasteiger partial charge in [-0.1, -0.05) is 11.8 Å². The molecule has 11 nitrogen and oxygen atoms in total. The normalized spacial score (nSPS) is 12.1. The zero-order valence-corrected chi connectivity index (χ0v) is 20.4.